The number of rotatable bonds is 8. The molecule has 0 aliphatic heterocycles. The van der Waals surface area contributed by atoms with Crippen LogP contribution in [0.15, 0.2) is 72.8 Å². The summed E-state index contributed by atoms with van der Waals surface area (Å²) in [6, 6.07) is 21.1. The minimum Gasteiger partial charge on any atom is -0.489 e. The number of benzene rings is 3. The summed E-state index contributed by atoms with van der Waals surface area (Å²) in [6.07, 6.45) is 0. The van der Waals surface area contributed by atoms with Crippen molar-refractivity contribution in [3.8, 4) is 11.5 Å². The lowest BCUT2D eigenvalue weighted by Crippen LogP contribution is -2.20. The quantitative estimate of drug-likeness (QED) is 0.450. The Morgan fingerprint density at radius 1 is 0.966 bits per heavy atom. The third-order valence-corrected chi connectivity index (χ3v) is 4.15. The van der Waals surface area contributed by atoms with E-state index in [2.05, 4.69) is 5.32 Å². The van der Waals surface area contributed by atoms with Gasteiger partial charge in [0.2, 0.25) is 0 Å². The highest BCUT2D eigenvalue weighted by atomic mass is 16.6. The van der Waals surface area contributed by atoms with E-state index < -0.39 is 10.8 Å². The molecule has 0 saturated carbocycles. The molecule has 1 amide bonds. The van der Waals surface area contributed by atoms with E-state index in [4.69, 9.17) is 9.47 Å². The third-order valence-electron chi connectivity index (χ3n) is 4.15. The van der Waals surface area contributed by atoms with Gasteiger partial charge in [-0.05, 0) is 42.3 Å². The summed E-state index contributed by atoms with van der Waals surface area (Å²) in [7, 11) is 0. The Kier molecular flexibility index (Phi) is 6.42. The van der Waals surface area contributed by atoms with Gasteiger partial charge >= 0.3 is 0 Å². The molecule has 29 heavy (non-hydrogen) atoms. The van der Waals surface area contributed by atoms with Gasteiger partial charge in [0, 0.05) is 12.1 Å². The van der Waals surface area contributed by atoms with E-state index >= 15 is 0 Å². The van der Waals surface area contributed by atoms with E-state index in [9.17, 15) is 14.9 Å². The molecule has 7 nitrogen and oxygen atoms in total. The molecule has 0 saturated heterocycles. The standard InChI is InChI=1S/C22H20N2O5/c1-16-7-8-18(24(26)27)13-21(16)23-22(25)15-29-20-11-9-19(10-12-20)28-14-17-5-3-2-4-6-17/h2-13H,14-15H2,1H3,(H,23,25). The van der Waals surface area contributed by atoms with Gasteiger partial charge in [-0.25, -0.2) is 0 Å². The SMILES string of the molecule is Cc1ccc([N+](=O)[O-])cc1NC(=O)COc1ccc(OCc2ccccc2)cc1. The van der Waals surface area contributed by atoms with Crippen LogP contribution in [0.4, 0.5) is 11.4 Å². The maximum atomic E-state index is 12.1. The van der Waals surface area contributed by atoms with Crippen LogP contribution in [0.2, 0.25) is 0 Å². The fraction of sp³-hybridized carbons (Fsp3) is 0.136. The lowest BCUT2D eigenvalue weighted by Gasteiger charge is -2.10. The van der Waals surface area contributed by atoms with Gasteiger partial charge in [-0.2, -0.15) is 0 Å². The third kappa shape index (κ3) is 5.80. The van der Waals surface area contributed by atoms with Gasteiger partial charge in [0.1, 0.15) is 18.1 Å². The summed E-state index contributed by atoms with van der Waals surface area (Å²) in [4.78, 5) is 22.5. The number of amides is 1. The van der Waals surface area contributed by atoms with Crippen molar-refractivity contribution in [1.29, 1.82) is 0 Å². The van der Waals surface area contributed by atoms with Gasteiger partial charge in [0.15, 0.2) is 6.61 Å². The molecule has 148 valence electrons. The highest BCUT2D eigenvalue weighted by Crippen LogP contribution is 2.22. The summed E-state index contributed by atoms with van der Waals surface area (Å²) in [5, 5.41) is 13.5. The first-order valence-electron chi connectivity index (χ1n) is 8.96. The monoisotopic (exact) mass is 392 g/mol. The van der Waals surface area contributed by atoms with Crippen molar-refractivity contribution in [1.82, 2.24) is 0 Å². The number of nitrogens with one attached hydrogen (secondary N) is 1. The Labute approximate surface area is 168 Å². The number of nitro benzene ring substituents is 1. The Bertz CT molecular complexity index is 988. The van der Waals surface area contributed by atoms with Crippen molar-refractivity contribution in [2.45, 2.75) is 13.5 Å². The summed E-state index contributed by atoms with van der Waals surface area (Å²) < 4.78 is 11.2. The zero-order valence-electron chi connectivity index (χ0n) is 15.8. The first kappa shape index (κ1) is 19.9. The molecular formula is C22H20N2O5. The summed E-state index contributed by atoms with van der Waals surface area (Å²) in [6.45, 7) is 2.01. The van der Waals surface area contributed by atoms with Crippen molar-refractivity contribution in [2.24, 2.45) is 0 Å². The molecular weight excluding hydrogens is 372 g/mol. The number of nitrogens with zero attached hydrogens (tertiary/aromatic N) is 1. The maximum Gasteiger partial charge on any atom is 0.271 e. The second-order valence-corrected chi connectivity index (χ2v) is 6.34. The molecule has 3 aromatic rings. The largest absolute Gasteiger partial charge is 0.489 e. The molecule has 0 aliphatic rings. The van der Waals surface area contributed by atoms with Gasteiger partial charge in [-0.15, -0.1) is 0 Å². The molecule has 0 radical (unpaired) electrons. The number of anilines is 1. The summed E-state index contributed by atoms with van der Waals surface area (Å²) in [5.74, 6) is 0.804. The molecule has 0 aliphatic carbocycles. The van der Waals surface area contributed by atoms with Crippen LogP contribution < -0.4 is 14.8 Å². The number of hydrogen-bond donors (Lipinski definition) is 1. The number of ether oxygens (including phenoxy) is 2. The van der Waals surface area contributed by atoms with E-state index in [-0.39, 0.29) is 12.3 Å². The number of nitro groups is 1. The van der Waals surface area contributed by atoms with E-state index in [1.54, 1.807) is 37.3 Å². The summed E-state index contributed by atoms with van der Waals surface area (Å²) in [5.41, 5.74) is 2.10. The number of hydrogen-bond acceptors (Lipinski definition) is 5. The Morgan fingerprint density at radius 2 is 1.62 bits per heavy atom. The van der Waals surface area contributed by atoms with E-state index in [0.29, 0.717) is 23.8 Å². The Balaban J connectivity index is 1.50. The van der Waals surface area contributed by atoms with Gasteiger partial charge < -0.3 is 14.8 Å². The van der Waals surface area contributed by atoms with E-state index in [0.717, 1.165) is 11.1 Å². The highest BCUT2D eigenvalue weighted by Gasteiger charge is 2.11. The second kappa shape index (κ2) is 9.36. The molecule has 0 atom stereocenters. The van der Waals surface area contributed by atoms with Crippen LogP contribution in [-0.4, -0.2) is 17.4 Å². The Morgan fingerprint density at radius 3 is 2.28 bits per heavy atom. The van der Waals surface area contributed by atoms with Crippen molar-refractivity contribution < 1.29 is 19.2 Å². The number of non-ortho nitro benzene ring substituents is 1. The first-order valence-corrected chi connectivity index (χ1v) is 8.96. The number of carbonyl (C=O) groups is 1. The van der Waals surface area contributed by atoms with Crippen LogP contribution in [0.1, 0.15) is 11.1 Å². The Hall–Kier alpha value is -3.87. The average Bonchev–Trinajstić information content (AvgIpc) is 2.73. The van der Waals surface area contributed by atoms with Crippen LogP contribution >= 0.6 is 0 Å². The first-order chi connectivity index (χ1) is 14.0. The van der Waals surface area contributed by atoms with Crippen LogP contribution in [-0.2, 0) is 11.4 Å². The minimum atomic E-state index is -0.507. The predicted octanol–water partition coefficient (Wildman–Crippen LogP) is 4.50. The molecule has 0 spiro atoms. The average molecular weight is 392 g/mol. The van der Waals surface area contributed by atoms with Gasteiger partial charge in [-0.1, -0.05) is 36.4 Å². The minimum absolute atomic E-state index is 0.0853. The van der Waals surface area contributed by atoms with Gasteiger partial charge in [-0.3, -0.25) is 14.9 Å². The molecule has 3 aromatic carbocycles. The smallest absolute Gasteiger partial charge is 0.271 e. The molecule has 0 aromatic heterocycles. The van der Waals surface area contributed by atoms with Crippen molar-refractivity contribution in [2.75, 3.05) is 11.9 Å². The molecule has 7 heteroatoms. The second-order valence-electron chi connectivity index (χ2n) is 6.34. The molecule has 0 unspecified atom stereocenters. The molecule has 0 fully saturated rings. The van der Waals surface area contributed by atoms with Crippen LogP contribution in [0.25, 0.3) is 0 Å². The van der Waals surface area contributed by atoms with E-state index in [1.807, 2.05) is 30.3 Å². The lowest BCUT2D eigenvalue weighted by atomic mass is 10.2. The highest BCUT2D eigenvalue weighted by molar-refractivity contribution is 5.93. The van der Waals surface area contributed by atoms with Crippen LogP contribution in [0.3, 0.4) is 0 Å². The van der Waals surface area contributed by atoms with Crippen molar-refractivity contribution in [3.63, 3.8) is 0 Å². The number of aryl methyl sites for hydroxylation is 1. The normalized spacial score (nSPS) is 10.2. The van der Waals surface area contributed by atoms with Crippen molar-refractivity contribution >= 4 is 17.3 Å². The molecule has 0 heterocycles. The molecule has 3 rings (SSSR count). The topological polar surface area (TPSA) is 90.7 Å². The summed E-state index contributed by atoms with van der Waals surface area (Å²) >= 11 is 0. The lowest BCUT2D eigenvalue weighted by molar-refractivity contribution is -0.384. The zero-order valence-corrected chi connectivity index (χ0v) is 15.8. The van der Waals surface area contributed by atoms with E-state index in [1.165, 1.54) is 12.1 Å². The maximum absolute atomic E-state index is 12.1. The van der Waals surface area contributed by atoms with Gasteiger partial charge in [0.25, 0.3) is 11.6 Å². The fourth-order valence-corrected chi connectivity index (χ4v) is 2.57. The van der Waals surface area contributed by atoms with Crippen LogP contribution in [0, 0.1) is 17.0 Å². The molecule has 0 bridgehead atoms. The van der Waals surface area contributed by atoms with Crippen molar-refractivity contribution in [3.05, 3.63) is 94.0 Å². The fourth-order valence-electron chi connectivity index (χ4n) is 2.57. The predicted molar refractivity (Wildman–Crippen MR) is 109 cm³/mol. The zero-order chi connectivity index (χ0) is 20.6. The molecule has 1 N–H and O–H groups in total. The van der Waals surface area contributed by atoms with Gasteiger partial charge in [0.05, 0.1) is 10.6 Å². The number of carbonyl (C=O) groups excluding carboxylic acids is 1. The van der Waals surface area contributed by atoms with Crippen LogP contribution in [0.5, 0.6) is 11.5 Å².